The van der Waals surface area contributed by atoms with E-state index in [0.717, 1.165) is 5.69 Å². The molecule has 0 aliphatic heterocycles. The average molecular weight is 202 g/mol. The molecule has 0 aliphatic carbocycles. The Balaban J connectivity index is 2.74. The normalized spacial score (nSPS) is 10.9. The molecular weight excluding hydrogens is 184 g/mol. The lowest BCUT2D eigenvalue weighted by atomic mass is 9.95. The van der Waals surface area contributed by atoms with Gasteiger partial charge in [0.15, 0.2) is 0 Å². The molecule has 0 saturated heterocycles. The molecule has 0 heterocycles. The zero-order valence-electron chi connectivity index (χ0n) is 9.89. The summed E-state index contributed by atoms with van der Waals surface area (Å²) >= 11 is 0. The molecule has 0 aliphatic rings. The van der Waals surface area contributed by atoms with Crippen LogP contribution in [0.1, 0.15) is 25.0 Å². The summed E-state index contributed by atoms with van der Waals surface area (Å²) in [6, 6.07) is 8.58. The number of nitriles is 1. The van der Waals surface area contributed by atoms with E-state index >= 15 is 0 Å². The van der Waals surface area contributed by atoms with Crippen LogP contribution in [0.2, 0.25) is 0 Å². The fraction of sp³-hybridized carbons (Fsp3) is 0.462. The number of rotatable bonds is 3. The van der Waals surface area contributed by atoms with Crippen molar-refractivity contribution in [3.63, 3.8) is 0 Å². The number of nitrogens with zero attached hydrogens (tertiary/aromatic N) is 1. The van der Waals surface area contributed by atoms with Crippen molar-refractivity contribution in [2.75, 3.05) is 11.9 Å². The third-order valence-electron chi connectivity index (χ3n) is 2.42. The van der Waals surface area contributed by atoms with E-state index in [1.807, 2.05) is 13.8 Å². The molecule has 0 radical (unpaired) electrons. The lowest BCUT2D eigenvalue weighted by Crippen LogP contribution is -2.21. The lowest BCUT2D eigenvalue weighted by Gasteiger charge is -2.18. The number of hydrogen-bond donors (Lipinski definition) is 1. The van der Waals surface area contributed by atoms with Crippen LogP contribution in [0.4, 0.5) is 5.69 Å². The Bertz CT molecular complexity index is 386. The van der Waals surface area contributed by atoms with Crippen molar-refractivity contribution in [2.45, 2.75) is 27.7 Å². The van der Waals surface area contributed by atoms with Gasteiger partial charge in [-0.25, -0.2) is 0 Å². The van der Waals surface area contributed by atoms with Gasteiger partial charge in [0.25, 0.3) is 0 Å². The third-order valence-corrected chi connectivity index (χ3v) is 2.42. The quantitative estimate of drug-likeness (QED) is 0.816. The van der Waals surface area contributed by atoms with Crippen LogP contribution in [0.25, 0.3) is 0 Å². The van der Waals surface area contributed by atoms with E-state index in [4.69, 9.17) is 5.26 Å². The minimum Gasteiger partial charge on any atom is -0.383 e. The van der Waals surface area contributed by atoms with Crippen molar-refractivity contribution < 1.29 is 0 Å². The van der Waals surface area contributed by atoms with Gasteiger partial charge in [-0.1, -0.05) is 12.1 Å². The highest BCUT2D eigenvalue weighted by Gasteiger charge is 2.16. The molecule has 15 heavy (non-hydrogen) atoms. The van der Waals surface area contributed by atoms with Gasteiger partial charge in [-0.05, 0) is 44.9 Å². The van der Waals surface area contributed by atoms with Crippen molar-refractivity contribution in [3.05, 3.63) is 29.3 Å². The van der Waals surface area contributed by atoms with E-state index in [1.54, 1.807) is 0 Å². The first kappa shape index (κ1) is 11.6. The van der Waals surface area contributed by atoms with Gasteiger partial charge in [0.1, 0.15) is 0 Å². The minimum absolute atomic E-state index is 0.323. The molecule has 0 unspecified atom stereocenters. The minimum atomic E-state index is -0.323. The Morgan fingerprint density at radius 1 is 1.33 bits per heavy atom. The molecule has 0 aromatic heterocycles. The largest absolute Gasteiger partial charge is 0.383 e. The van der Waals surface area contributed by atoms with E-state index < -0.39 is 0 Å². The summed E-state index contributed by atoms with van der Waals surface area (Å²) in [7, 11) is 0. The highest BCUT2D eigenvalue weighted by atomic mass is 14.9. The summed E-state index contributed by atoms with van der Waals surface area (Å²) in [4.78, 5) is 0. The predicted octanol–water partition coefficient (Wildman–Crippen LogP) is 3.27. The standard InChI is InChI=1S/C13H18N2/c1-10-5-6-11(2)12(7-10)15-9-13(3,4)8-14/h5-7,15H,9H2,1-4H3. The zero-order chi connectivity index (χ0) is 11.5. The lowest BCUT2D eigenvalue weighted by molar-refractivity contribution is 0.529. The van der Waals surface area contributed by atoms with Crippen LogP contribution in [-0.4, -0.2) is 6.54 Å². The molecule has 1 N–H and O–H groups in total. The van der Waals surface area contributed by atoms with Crippen molar-refractivity contribution in [1.82, 2.24) is 0 Å². The second kappa shape index (κ2) is 4.35. The van der Waals surface area contributed by atoms with Crippen molar-refractivity contribution in [3.8, 4) is 6.07 Å². The average Bonchev–Trinajstić information content (AvgIpc) is 2.20. The van der Waals surface area contributed by atoms with Crippen LogP contribution in [-0.2, 0) is 0 Å². The first-order valence-electron chi connectivity index (χ1n) is 5.17. The molecule has 0 bridgehead atoms. The van der Waals surface area contributed by atoms with Crippen LogP contribution in [0.15, 0.2) is 18.2 Å². The van der Waals surface area contributed by atoms with Gasteiger partial charge >= 0.3 is 0 Å². The van der Waals surface area contributed by atoms with E-state index in [9.17, 15) is 0 Å². The predicted molar refractivity (Wildman–Crippen MR) is 63.8 cm³/mol. The first-order chi connectivity index (χ1) is 6.94. The molecule has 0 amide bonds. The number of aryl methyl sites for hydroxylation is 2. The van der Waals surface area contributed by atoms with Gasteiger partial charge in [0.2, 0.25) is 0 Å². The van der Waals surface area contributed by atoms with Crippen molar-refractivity contribution in [1.29, 1.82) is 5.26 Å². The maximum absolute atomic E-state index is 8.91. The van der Waals surface area contributed by atoms with Crippen LogP contribution < -0.4 is 5.32 Å². The highest BCUT2D eigenvalue weighted by Crippen LogP contribution is 2.19. The number of nitrogens with one attached hydrogen (secondary N) is 1. The van der Waals surface area contributed by atoms with Crippen LogP contribution >= 0.6 is 0 Å². The Hall–Kier alpha value is -1.49. The van der Waals surface area contributed by atoms with Crippen LogP contribution in [0.3, 0.4) is 0 Å². The maximum Gasteiger partial charge on any atom is 0.0702 e. The second-order valence-electron chi connectivity index (χ2n) is 4.67. The fourth-order valence-corrected chi connectivity index (χ4v) is 1.28. The van der Waals surface area contributed by atoms with Gasteiger partial charge in [0.05, 0.1) is 11.5 Å². The molecule has 0 spiro atoms. The van der Waals surface area contributed by atoms with E-state index in [-0.39, 0.29) is 5.41 Å². The van der Waals surface area contributed by atoms with Gasteiger partial charge in [-0.15, -0.1) is 0 Å². The summed E-state index contributed by atoms with van der Waals surface area (Å²) in [5, 5.41) is 12.2. The van der Waals surface area contributed by atoms with Gasteiger partial charge in [-0.3, -0.25) is 0 Å². The summed E-state index contributed by atoms with van der Waals surface area (Å²) in [5.41, 5.74) is 3.25. The van der Waals surface area contributed by atoms with Gasteiger partial charge in [0, 0.05) is 12.2 Å². The van der Waals surface area contributed by atoms with Crippen LogP contribution in [0, 0.1) is 30.6 Å². The highest BCUT2D eigenvalue weighted by molar-refractivity contribution is 5.52. The molecular formula is C13H18N2. The SMILES string of the molecule is Cc1ccc(C)c(NCC(C)(C)C#N)c1. The zero-order valence-corrected chi connectivity index (χ0v) is 9.89. The third kappa shape index (κ3) is 3.28. The molecule has 2 nitrogen and oxygen atoms in total. The Morgan fingerprint density at radius 3 is 2.60 bits per heavy atom. The summed E-state index contributed by atoms with van der Waals surface area (Å²) in [5.74, 6) is 0. The topological polar surface area (TPSA) is 35.8 Å². The fourth-order valence-electron chi connectivity index (χ4n) is 1.28. The van der Waals surface area contributed by atoms with Crippen LogP contribution in [0.5, 0.6) is 0 Å². The number of benzene rings is 1. The molecule has 80 valence electrons. The summed E-state index contributed by atoms with van der Waals surface area (Å²) < 4.78 is 0. The summed E-state index contributed by atoms with van der Waals surface area (Å²) in [6.45, 7) is 8.69. The molecule has 2 heteroatoms. The van der Waals surface area contributed by atoms with Gasteiger partial charge < -0.3 is 5.32 Å². The molecule has 0 fully saturated rings. The maximum atomic E-state index is 8.91. The van der Waals surface area contributed by atoms with Crippen molar-refractivity contribution in [2.24, 2.45) is 5.41 Å². The Morgan fingerprint density at radius 2 is 2.00 bits per heavy atom. The van der Waals surface area contributed by atoms with E-state index in [0.29, 0.717) is 6.54 Å². The molecule has 0 atom stereocenters. The Kier molecular flexibility index (Phi) is 3.36. The molecule has 0 saturated carbocycles. The first-order valence-corrected chi connectivity index (χ1v) is 5.17. The summed E-state index contributed by atoms with van der Waals surface area (Å²) in [6.07, 6.45) is 0. The second-order valence-corrected chi connectivity index (χ2v) is 4.67. The smallest absolute Gasteiger partial charge is 0.0702 e. The number of anilines is 1. The van der Waals surface area contributed by atoms with E-state index in [1.165, 1.54) is 11.1 Å². The Labute approximate surface area is 91.9 Å². The number of hydrogen-bond acceptors (Lipinski definition) is 2. The molecule has 1 rings (SSSR count). The van der Waals surface area contributed by atoms with Gasteiger partial charge in [-0.2, -0.15) is 5.26 Å². The van der Waals surface area contributed by atoms with Crippen molar-refractivity contribution >= 4 is 5.69 Å². The monoisotopic (exact) mass is 202 g/mol. The van der Waals surface area contributed by atoms with E-state index in [2.05, 4.69) is 43.4 Å². The molecule has 1 aromatic carbocycles. The molecule has 1 aromatic rings.